The third kappa shape index (κ3) is 3.36. The lowest BCUT2D eigenvalue weighted by Crippen LogP contribution is -2.78. The van der Waals surface area contributed by atoms with Gasteiger partial charge in [-0.1, -0.05) is 152 Å². The number of benzene rings is 8. The van der Waals surface area contributed by atoms with Crippen molar-refractivity contribution in [1.29, 1.82) is 0 Å². The first-order valence-corrected chi connectivity index (χ1v) is 22.2. The predicted molar refractivity (Wildman–Crippen MR) is 240 cm³/mol. The van der Waals surface area contributed by atoms with Gasteiger partial charge in [0.2, 0.25) is 0 Å². The fourth-order valence-electron chi connectivity index (χ4n) is 11.0. The molecule has 0 amide bonds. The first-order valence-electron chi connectivity index (χ1n) is 19.4. The summed E-state index contributed by atoms with van der Waals surface area (Å²) in [5.74, 6) is 0. The van der Waals surface area contributed by atoms with Gasteiger partial charge < -0.3 is 13.8 Å². The molecule has 11 aromatic rings. The van der Waals surface area contributed by atoms with Crippen LogP contribution in [0.15, 0.2) is 180 Å². The van der Waals surface area contributed by atoms with Gasteiger partial charge in [0, 0.05) is 60.0 Å². The van der Waals surface area contributed by atoms with Gasteiger partial charge in [-0.05, 0) is 55.9 Å². The Morgan fingerprint density at radius 1 is 0.536 bits per heavy atom. The quantitative estimate of drug-likeness (QED) is 0.165. The van der Waals surface area contributed by atoms with Crippen LogP contribution >= 0.6 is 11.3 Å². The lowest BCUT2D eigenvalue weighted by molar-refractivity contribution is 0.670. The number of hydrogen-bond acceptors (Lipinski definition) is 3. The summed E-state index contributed by atoms with van der Waals surface area (Å²) in [4.78, 5) is 2.64. The zero-order valence-corrected chi connectivity index (χ0v) is 31.8. The molecule has 3 aromatic heterocycles. The summed E-state index contributed by atoms with van der Waals surface area (Å²) < 4.78 is 12.4. The number of aromatic nitrogens is 1. The van der Waals surface area contributed by atoms with E-state index in [1.54, 1.807) is 0 Å². The molecule has 0 unspecified atom stereocenters. The molecule has 14 rings (SSSR count). The number of rotatable bonds is 2. The number of thiophene rings is 1. The van der Waals surface area contributed by atoms with E-state index in [4.69, 9.17) is 4.42 Å². The first-order chi connectivity index (χ1) is 27.8. The van der Waals surface area contributed by atoms with E-state index in [-0.39, 0.29) is 6.85 Å². The average Bonchev–Trinajstić information content (AvgIpc) is 3.93. The van der Waals surface area contributed by atoms with E-state index in [9.17, 15) is 0 Å². The lowest BCUT2D eigenvalue weighted by atomic mass is 9.45. The van der Waals surface area contributed by atoms with Gasteiger partial charge in [0.15, 0.2) is 8.07 Å². The van der Waals surface area contributed by atoms with Crippen LogP contribution in [0, 0.1) is 0 Å². The van der Waals surface area contributed by atoms with Crippen molar-refractivity contribution in [3.8, 4) is 11.1 Å². The summed E-state index contributed by atoms with van der Waals surface area (Å²) in [6, 6.07) is 66.2. The van der Waals surface area contributed by atoms with Crippen molar-refractivity contribution in [2.45, 2.75) is 0 Å². The van der Waals surface area contributed by atoms with Crippen molar-refractivity contribution < 1.29 is 4.42 Å². The predicted octanol–water partition coefficient (Wildman–Crippen LogP) is 9.02. The Kier molecular flexibility index (Phi) is 5.50. The largest absolute Gasteiger partial charge is 0.455 e. The molecule has 0 bridgehead atoms. The van der Waals surface area contributed by atoms with Gasteiger partial charge in [0.1, 0.15) is 11.2 Å². The fourth-order valence-corrected chi connectivity index (χ4v) is 17.4. The van der Waals surface area contributed by atoms with E-state index in [0.717, 1.165) is 21.9 Å². The summed E-state index contributed by atoms with van der Waals surface area (Å²) in [5.41, 5.74) is 13.5. The average molecular weight is 745 g/mol. The van der Waals surface area contributed by atoms with E-state index in [0.29, 0.717) is 0 Å². The zero-order chi connectivity index (χ0) is 36.3. The number of hydrogen-bond donors (Lipinski definition) is 0. The van der Waals surface area contributed by atoms with Gasteiger partial charge in [0.05, 0.1) is 10.2 Å². The maximum atomic E-state index is 6.99. The smallest absolute Gasteiger partial charge is 0.333 e. The third-order valence-electron chi connectivity index (χ3n) is 13.0. The second-order valence-electron chi connectivity index (χ2n) is 15.5. The van der Waals surface area contributed by atoms with Crippen LogP contribution in [0.1, 0.15) is 0 Å². The lowest BCUT2D eigenvalue weighted by Gasteiger charge is -2.49. The second-order valence-corrected chi connectivity index (χ2v) is 20.3. The summed E-state index contributed by atoms with van der Waals surface area (Å²) in [7, 11) is -2.85. The number of para-hydroxylation sites is 4. The molecule has 8 aromatic carbocycles. The second kappa shape index (κ2) is 10.4. The topological polar surface area (TPSA) is 21.3 Å². The van der Waals surface area contributed by atoms with E-state index >= 15 is 0 Å². The fraction of sp³-hybridized carbons (Fsp3) is 0. The molecule has 0 fully saturated rings. The molecule has 0 N–H and O–H groups in total. The maximum absolute atomic E-state index is 6.99. The van der Waals surface area contributed by atoms with Crippen molar-refractivity contribution >= 4 is 128 Å². The molecular weight excluding hydrogens is 716 g/mol. The molecule has 0 saturated heterocycles. The van der Waals surface area contributed by atoms with Crippen LogP contribution in [0.2, 0.25) is 0 Å². The molecule has 3 aliphatic heterocycles. The molecule has 6 heterocycles. The zero-order valence-electron chi connectivity index (χ0n) is 30.0. The van der Waals surface area contributed by atoms with Crippen LogP contribution in [0.25, 0.3) is 64.3 Å². The van der Waals surface area contributed by atoms with Gasteiger partial charge in [-0.3, -0.25) is 0 Å². The number of fused-ring (bicyclic) bond motifs is 15. The SMILES string of the molecule is c1ccc([Si]2(c3ccccc3)c3ccccc3N3c4cc5c(oc6ccccc65)c5c4B(c4cccc2c43)n2c3c-5cccc3c3sc4ccccc4c32)cc1. The molecule has 3 aliphatic rings. The highest BCUT2D eigenvalue weighted by Gasteiger charge is 2.54. The van der Waals surface area contributed by atoms with Crippen molar-refractivity contribution in [3.05, 3.63) is 176 Å². The normalized spacial score (nSPS) is 14.5. The molecule has 258 valence electrons. The van der Waals surface area contributed by atoms with Crippen LogP contribution in [0.4, 0.5) is 17.1 Å². The van der Waals surface area contributed by atoms with Crippen LogP contribution in [-0.4, -0.2) is 19.4 Å². The Balaban J connectivity index is 1.23. The molecule has 0 radical (unpaired) electrons. The van der Waals surface area contributed by atoms with Crippen LogP contribution < -0.4 is 36.6 Å². The molecule has 56 heavy (non-hydrogen) atoms. The van der Waals surface area contributed by atoms with Gasteiger partial charge in [-0.2, -0.15) is 0 Å². The highest BCUT2D eigenvalue weighted by Crippen LogP contribution is 2.51. The minimum absolute atomic E-state index is 0.0692. The highest BCUT2D eigenvalue weighted by molar-refractivity contribution is 7.27. The Bertz CT molecular complexity index is 3470. The summed E-state index contributed by atoms with van der Waals surface area (Å²) in [6.45, 7) is -0.0692. The Morgan fingerprint density at radius 2 is 1.21 bits per heavy atom. The Morgan fingerprint density at radius 3 is 2.05 bits per heavy atom. The summed E-state index contributed by atoms with van der Waals surface area (Å²) in [6.07, 6.45) is 0. The third-order valence-corrected chi connectivity index (χ3v) is 19.0. The van der Waals surface area contributed by atoms with Crippen LogP contribution in [-0.2, 0) is 0 Å². The van der Waals surface area contributed by atoms with Crippen LogP contribution in [0.3, 0.4) is 0 Å². The van der Waals surface area contributed by atoms with Crippen molar-refractivity contribution in [2.24, 2.45) is 0 Å². The van der Waals surface area contributed by atoms with Gasteiger partial charge in [-0.25, -0.2) is 0 Å². The van der Waals surface area contributed by atoms with E-state index in [1.165, 1.54) is 91.1 Å². The summed E-state index contributed by atoms with van der Waals surface area (Å²) >= 11 is 1.92. The molecule has 3 nitrogen and oxygen atoms in total. The van der Waals surface area contributed by atoms with Crippen molar-refractivity contribution in [1.82, 2.24) is 4.48 Å². The molecule has 0 saturated carbocycles. The molecule has 0 aliphatic carbocycles. The van der Waals surface area contributed by atoms with E-state index < -0.39 is 8.07 Å². The van der Waals surface area contributed by atoms with Gasteiger partial charge in [-0.15, -0.1) is 11.3 Å². The number of nitrogens with zero attached hydrogens (tertiary/aromatic N) is 2. The monoisotopic (exact) mass is 744 g/mol. The van der Waals surface area contributed by atoms with Gasteiger partial charge in [0.25, 0.3) is 0 Å². The standard InChI is InChI=1S/C50H29BN2OSSi/c1-3-15-30(16-4-1)56(31-17-5-2-6-18-31)42-27-12-9-24-38(42)52-39-29-36-32-19-7-10-25-40(32)54-49(36)44-34-21-13-22-35-46(34)53(47-33-20-8-11-26-41(33)55-50(35)47)51(45(39)44)37-23-14-28-43(56)48(37)52/h1-29H. The minimum atomic E-state index is -2.85. The molecule has 0 atom stereocenters. The molecular formula is C50H29BN2OSSi. The van der Waals surface area contributed by atoms with Crippen molar-refractivity contribution in [2.75, 3.05) is 4.90 Å². The first kappa shape index (κ1) is 29.7. The van der Waals surface area contributed by atoms with E-state index in [2.05, 4.69) is 185 Å². The minimum Gasteiger partial charge on any atom is -0.455 e. The number of furan rings is 1. The van der Waals surface area contributed by atoms with Gasteiger partial charge >= 0.3 is 6.85 Å². The van der Waals surface area contributed by atoms with E-state index in [1.807, 2.05) is 11.3 Å². The Labute approximate surface area is 327 Å². The number of anilines is 3. The van der Waals surface area contributed by atoms with Crippen molar-refractivity contribution in [3.63, 3.8) is 0 Å². The molecule has 0 spiro atoms. The summed E-state index contributed by atoms with van der Waals surface area (Å²) in [5, 5.41) is 10.6. The highest BCUT2D eigenvalue weighted by atomic mass is 32.1. The maximum Gasteiger partial charge on any atom is 0.333 e. The van der Waals surface area contributed by atoms with Crippen LogP contribution in [0.5, 0.6) is 0 Å². The molecule has 6 heteroatoms. The Hall–Kier alpha value is -6.60.